The molecule has 152 valence electrons. The summed E-state index contributed by atoms with van der Waals surface area (Å²) in [7, 11) is 0. The minimum absolute atomic E-state index is 0.458. The first-order valence-corrected chi connectivity index (χ1v) is 11.0. The molecule has 0 saturated heterocycles. The number of fused-ring (bicyclic) bond motifs is 3. The topological polar surface area (TPSA) is 35.1 Å². The molecule has 0 amide bonds. The van der Waals surface area contributed by atoms with Crippen molar-refractivity contribution in [3.8, 4) is 11.1 Å². The van der Waals surface area contributed by atoms with Crippen LogP contribution >= 0.6 is 23.2 Å². The molecule has 4 nitrogen and oxygen atoms in total. The van der Waals surface area contributed by atoms with E-state index in [2.05, 4.69) is 37.6 Å². The van der Waals surface area contributed by atoms with Crippen LogP contribution < -0.4 is 0 Å². The highest BCUT2D eigenvalue weighted by Crippen LogP contribution is 2.37. The zero-order valence-corrected chi connectivity index (χ0v) is 18.8. The lowest BCUT2D eigenvalue weighted by molar-refractivity contribution is 0.434. The lowest BCUT2D eigenvalue weighted by Crippen LogP contribution is -2.10. The van der Waals surface area contributed by atoms with Crippen molar-refractivity contribution in [2.75, 3.05) is 0 Å². The maximum atomic E-state index is 6.54. The predicted molar refractivity (Wildman–Crippen MR) is 122 cm³/mol. The van der Waals surface area contributed by atoms with Crippen LogP contribution in [0.3, 0.4) is 0 Å². The minimum atomic E-state index is 0.458. The molecule has 0 saturated carbocycles. The van der Waals surface area contributed by atoms with Crippen LogP contribution in [0.5, 0.6) is 0 Å². The van der Waals surface area contributed by atoms with Crippen molar-refractivity contribution in [1.82, 2.24) is 19.2 Å². The summed E-state index contributed by atoms with van der Waals surface area (Å²) in [5.74, 6) is 0. The third kappa shape index (κ3) is 3.43. The Labute approximate surface area is 181 Å². The lowest BCUT2D eigenvalue weighted by Gasteiger charge is -2.19. The molecule has 0 spiro atoms. The largest absolute Gasteiger partial charge is 0.329 e. The average Bonchev–Trinajstić information content (AvgIpc) is 3.24. The summed E-state index contributed by atoms with van der Waals surface area (Å²) in [4.78, 5) is 4.92. The number of hydrogen-bond acceptors (Lipinski definition) is 2. The van der Waals surface area contributed by atoms with Gasteiger partial charge in [-0.1, -0.05) is 56.0 Å². The highest BCUT2D eigenvalue weighted by atomic mass is 35.5. The maximum Gasteiger partial charge on any atom is 0.165 e. The van der Waals surface area contributed by atoms with Gasteiger partial charge < -0.3 is 4.57 Å². The van der Waals surface area contributed by atoms with Gasteiger partial charge in [-0.25, -0.2) is 4.98 Å². The Kier molecular flexibility index (Phi) is 5.58. The fourth-order valence-corrected chi connectivity index (χ4v) is 4.82. The van der Waals surface area contributed by atoms with Crippen LogP contribution in [0.15, 0.2) is 30.5 Å². The summed E-state index contributed by atoms with van der Waals surface area (Å²) in [5, 5.41) is 7.28. The van der Waals surface area contributed by atoms with E-state index < -0.39 is 0 Å². The number of benzene rings is 1. The van der Waals surface area contributed by atoms with Gasteiger partial charge >= 0.3 is 0 Å². The molecule has 29 heavy (non-hydrogen) atoms. The molecule has 3 aromatic heterocycles. The predicted octanol–water partition coefficient (Wildman–Crippen LogP) is 7.42. The molecule has 0 bridgehead atoms. The molecule has 0 aliphatic rings. The number of aryl methyl sites for hydroxylation is 2. The molecule has 3 heterocycles. The van der Waals surface area contributed by atoms with Gasteiger partial charge in [0.05, 0.1) is 22.0 Å². The Bertz CT molecular complexity index is 1180. The minimum Gasteiger partial charge on any atom is -0.329 e. The van der Waals surface area contributed by atoms with Gasteiger partial charge in [0.15, 0.2) is 5.65 Å². The first kappa shape index (κ1) is 20.2. The molecule has 0 N–H and O–H groups in total. The Balaban J connectivity index is 2.03. The van der Waals surface area contributed by atoms with E-state index in [-0.39, 0.29) is 0 Å². The highest BCUT2D eigenvalue weighted by molar-refractivity contribution is 6.36. The fraction of sp³-hybridized carbons (Fsp3) is 0.391. The van der Waals surface area contributed by atoms with E-state index in [0.717, 1.165) is 64.9 Å². The second kappa shape index (κ2) is 8.00. The second-order valence-electron chi connectivity index (χ2n) is 7.71. The van der Waals surface area contributed by atoms with Crippen molar-refractivity contribution in [2.24, 2.45) is 0 Å². The van der Waals surface area contributed by atoms with Crippen molar-refractivity contribution in [3.05, 3.63) is 51.9 Å². The van der Waals surface area contributed by atoms with Crippen LogP contribution in [-0.4, -0.2) is 19.2 Å². The molecule has 0 aliphatic heterocycles. The molecular weight excluding hydrogens is 403 g/mol. The average molecular weight is 429 g/mol. The standard InChI is InChI=1S/C23H26Cl2N4/c1-5-7-17(8-6-2)28-12-11-18-14(3)26-22-21(15(4)27-29(22)23(18)28)19-10-9-16(24)13-20(19)25/h9-13,17H,5-8H2,1-4H3. The van der Waals surface area contributed by atoms with E-state index in [4.69, 9.17) is 33.3 Å². The van der Waals surface area contributed by atoms with Crippen molar-refractivity contribution < 1.29 is 0 Å². The third-order valence-electron chi connectivity index (χ3n) is 5.62. The van der Waals surface area contributed by atoms with Crippen LogP contribution in [0, 0.1) is 13.8 Å². The Morgan fingerprint density at radius 2 is 1.72 bits per heavy atom. The molecule has 0 aliphatic carbocycles. The Morgan fingerprint density at radius 3 is 2.38 bits per heavy atom. The van der Waals surface area contributed by atoms with Crippen molar-refractivity contribution in [3.63, 3.8) is 0 Å². The molecule has 6 heteroatoms. The smallest absolute Gasteiger partial charge is 0.165 e. The van der Waals surface area contributed by atoms with Gasteiger partial charge in [0.25, 0.3) is 0 Å². The van der Waals surface area contributed by atoms with Gasteiger partial charge in [0.2, 0.25) is 0 Å². The Hall–Kier alpha value is -2.04. The molecular formula is C23H26Cl2N4. The van der Waals surface area contributed by atoms with Crippen LogP contribution in [0.1, 0.15) is 57.0 Å². The first-order valence-electron chi connectivity index (χ1n) is 10.3. The van der Waals surface area contributed by atoms with Gasteiger partial charge in [-0.15, -0.1) is 0 Å². The summed E-state index contributed by atoms with van der Waals surface area (Å²) in [6.45, 7) is 8.57. The SMILES string of the molecule is CCCC(CCC)n1ccc2c(C)nc3c(-c4ccc(Cl)cc4Cl)c(C)nn3c21. The van der Waals surface area contributed by atoms with E-state index in [1.165, 1.54) is 0 Å². The van der Waals surface area contributed by atoms with E-state index in [0.29, 0.717) is 16.1 Å². The van der Waals surface area contributed by atoms with Crippen LogP contribution in [0.25, 0.3) is 27.8 Å². The normalized spacial score (nSPS) is 12.0. The fourth-order valence-electron chi connectivity index (χ4n) is 4.32. The monoisotopic (exact) mass is 428 g/mol. The van der Waals surface area contributed by atoms with Crippen LogP contribution in [0.2, 0.25) is 10.0 Å². The van der Waals surface area contributed by atoms with Crippen LogP contribution in [0.4, 0.5) is 0 Å². The van der Waals surface area contributed by atoms with Gasteiger partial charge in [-0.2, -0.15) is 9.61 Å². The van der Waals surface area contributed by atoms with Gasteiger partial charge in [0, 0.05) is 28.2 Å². The van der Waals surface area contributed by atoms with E-state index in [1.807, 2.05) is 23.6 Å². The number of aromatic nitrogens is 4. The van der Waals surface area contributed by atoms with Crippen molar-refractivity contribution in [2.45, 2.75) is 59.4 Å². The van der Waals surface area contributed by atoms with Gasteiger partial charge in [0.1, 0.15) is 5.65 Å². The second-order valence-corrected chi connectivity index (χ2v) is 8.55. The van der Waals surface area contributed by atoms with Gasteiger partial charge in [-0.3, -0.25) is 0 Å². The van der Waals surface area contributed by atoms with Crippen molar-refractivity contribution >= 4 is 39.9 Å². The van der Waals surface area contributed by atoms with E-state index >= 15 is 0 Å². The molecule has 0 unspecified atom stereocenters. The summed E-state index contributed by atoms with van der Waals surface area (Å²) >= 11 is 12.7. The molecule has 0 radical (unpaired) electrons. The Morgan fingerprint density at radius 1 is 1.00 bits per heavy atom. The quantitative estimate of drug-likeness (QED) is 0.320. The van der Waals surface area contributed by atoms with E-state index in [1.54, 1.807) is 6.07 Å². The maximum absolute atomic E-state index is 6.54. The number of hydrogen-bond donors (Lipinski definition) is 0. The summed E-state index contributed by atoms with van der Waals surface area (Å²) < 4.78 is 4.39. The third-order valence-corrected chi connectivity index (χ3v) is 6.17. The molecule has 4 rings (SSSR count). The summed E-state index contributed by atoms with van der Waals surface area (Å²) in [5.41, 5.74) is 5.73. The zero-order chi connectivity index (χ0) is 20.7. The number of nitrogens with zero attached hydrogens (tertiary/aromatic N) is 4. The number of halogens is 2. The van der Waals surface area contributed by atoms with Crippen LogP contribution in [-0.2, 0) is 0 Å². The first-order chi connectivity index (χ1) is 14.0. The van der Waals surface area contributed by atoms with E-state index in [9.17, 15) is 0 Å². The zero-order valence-electron chi connectivity index (χ0n) is 17.3. The molecule has 0 fully saturated rings. The lowest BCUT2D eigenvalue weighted by atomic mass is 10.1. The molecule has 4 aromatic rings. The van der Waals surface area contributed by atoms with Crippen molar-refractivity contribution in [1.29, 1.82) is 0 Å². The summed E-state index contributed by atoms with van der Waals surface area (Å²) in [6, 6.07) is 8.21. The molecule has 1 aromatic carbocycles. The number of rotatable bonds is 6. The van der Waals surface area contributed by atoms with Gasteiger partial charge in [-0.05, 0) is 44.9 Å². The molecule has 0 atom stereocenters. The highest BCUT2D eigenvalue weighted by Gasteiger charge is 2.22. The summed E-state index contributed by atoms with van der Waals surface area (Å²) in [6.07, 6.45) is 6.80.